The number of methoxy groups -OCH3 is 3. The highest BCUT2D eigenvalue weighted by atomic mass is 19.1. The van der Waals surface area contributed by atoms with Crippen molar-refractivity contribution >= 4 is 11.6 Å². The minimum Gasteiger partial charge on any atom is -0.493 e. The van der Waals surface area contributed by atoms with E-state index in [1.165, 1.54) is 6.07 Å². The van der Waals surface area contributed by atoms with E-state index in [2.05, 4.69) is 10.6 Å². The predicted molar refractivity (Wildman–Crippen MR) is 113 cm³/mol. The number of anilines is 1. The molecule has 2 aromatic rings. The third kappa shape index (κ3) is 4.55. The van der Waals surface area contributed by atoms with Gasteiger partial charge >= 0.3 is 0 Å². The Labute approximate surface area is 171 Å². The minimum absolute atomic E-state index is 0.164. The number of hydrogen-bond acceptors (Lipinski definition) is 4. The SMILES string of the molecule is CCNC(=NCC1(c2ccccc2F)CC1)Nc1cc(OC)c(OC)c(OC)c1. The fourth-order valence-corrected chi connectivity index (χ4v) is 3.38. The molecule has 1 aliphatic carbocycles. The van der Waals surface area contributed by atoms with E-state index >= 15 is 0 Å². The van der Waals surface area contributed by atoms with Crippen LogP contribution in [0.1, 0.15) is 25.3 Å². The molecule has 156 valence electrons. The van der Waals surface area contributed by atoms with E-state index in [0.29, 0.717) is 36.3 Å². The van der Waals surface area contributed by atoms with Gasteiger partial charge in [0.2, 0.25) is 5.75 Å². The van der Waals surface area contributed by atoms with E-state index in [1.54, 1.807) is 27.4 Å². The Morgan fingerprint density at radius 3 is 2.24 bits per heavy atom. The smallest absolute Gasteiger partial charge is 0.203 e. The van der Waals surface area contributed by atoms with Crippen LogP contribution in [0.25, 0.3) is 0 Å². The first-order valence-corrected chi connectivity index (χ1v) is 9.67. The molecule has 0 saturated heterocycles. The van der Waals surface area contributed by atoms with Crippen molar-refractivity contribution in [3.05, 3.63) is 47.8 Å². The Morgan fingerprint density at radius 1 is 1.07 bits per heavy atom. The van der Waals surface area contributed by atoms with Crippen molar-refractivity contribution in [2.24, 2.45) is 4.99 Å². The topological polar surface area (TPSA) is 64.1 Å². The maximum absolute atomic E-state index is 14.3. The van der Waals surface area contributed by atoms with Crippen LogP contribution in [0, 0.1) is 5.82 Å². The molecule has 29 heavy (non-hydrogen) atoms. The first-order valence-electron chi connectivity index (χ1n) is 9.67. The zero-order valence-corrected chi connectivity index (χ0v) is 17.3. The second-order valence-corrected chi connectivity index (χ2v) is 6.99. The van der Waals surface area contributed by atoms with Gasteiger partial charge in [-0.3, -0.25) is 4.99 Å². The van der Waals surface area contributed by atoms with Gasteiger partial charge in [0.1, 0.15) is 5.82 Å². The Hall–Kier alpha value is -2.96. The molecular formula is C22H28FN3O3. The molecule has 0 unspecified atom stereocenters. The van der Waals surface area contributed by atoms with Gasteiger partial charge in [-0.2, -0.15) is 0 Å². The molecule has 0 radical (unpaired) electrons. The molecule has 2 N–H and O–H groups in total. The summed E-state index contributed by atoms with van der Waals surface area (Å²) in [5.41, 5.74) is 1.27. The number of benzene rings is 2. The highest BCUT2D eigenvalue weighted by molar-refractivity contribution is 5.94. The predicted octanol–water partition coefficient (Wildman–Crippen LogP) is 3.96. The summed E-state index contributed by atoms with van der Waals surface area (Å²) in [6.07, 6.45) is 1.86. The summed E-state index contributed by atoms with van der Waals surface area (Å²) in [6.45, 7) is 3.20. The molecule has 1 saturated carbocycles. The van der Waals surface area contributed by atoms with Crippen LogP contribution in [-0.4, -0.2) is 40.4 Å². The summed E-state index contributed by atoms with van der Waals surface area (Å²) in [6, 6.07) is 10.6. The molecule has 7 heteroatoms. The van der Waals surface area contributed by atoms with Crippen LogP contribution in [0.3, 0.4) is 0 Å². The number of aliphatic imine (C=N–C) groups is 1. The summed E-state index contributed by atoms with van der Waals surface area (Å²) in [5.74, 6) is 2.08. The number of rotatable bonds is 8. The lowest BCUT2D eigenvalue weighted by atomic mass is 9.95. The van der Waals surface area contributed by atoms with E-state index in [9.17, 15) is 4.39 Å². The third-order valence-electron chi connectivity index (χ3n) is 5.11. The molecule has 0 spiro atoms. The number of guanidine groups is 1. The Balaban J connectivity index is 1.83. The van der Waals surface area contributed by atoms with Gasteiger partial charge in [0, 0.05) is 29.8 Å². The summed E-state index contributed by atoms with van der Waals surface area (Å²) >= 11 is 0. The second-order valence-electron chi connectivity index (χ2n) is 6.99. The molecule has 0 atom stereocenters. The van der Waals surface area contributed by atoms with Gasteiger partial charge in [0.25, 0.3) is 0 Å². The third-order valence-corrected chi connectivity index (χ3v) is 5.11. The lowest BCUT2D eigenvalue weighted by Crippen LogP contribution is -2.31. The molecule has 3 rings (SSSR count). The van der Waals surface area contributed by atoms with Gasteiger partial charge < -0.3 is 24.8 Å². The number of halogens is 1. The lowest BCUT2D eigenvalue weighted by molar-refractivity contribution is 0.324. The van der Waals surface area contributed by atoms with Gasteiger partial charge in [-0.1, -0.05) is 18.2 Å². The molecule has 0 bridgehead atoms. The molecule has 2 aromatic carbocycles. The summed E-state index contributed by atoms with van der Waals surface area (Å²) in [4.78, 5) is 4.73. The molecule has 0 amide bonds. The maximum atomic E-state index is 14.3. The maximum Gasteiger partial charge on any atom is 0.203 e. The van der Waals surface area contributed by atoms with Gasteiger partial charge in [0.15, 0.2) is 17.5 Å². The van der Waals surface area contributed by atoms with Gasteiger partial charge in [-0.05, 0) is 31.4 Å². The molecule has 0 aliphatic heterocycles. The van der Waals surface area contributed by atoms with Crippen LogP contribution in [0.15, 0.2) is 41.4 Å². The van der Waals surface area contributed by atoms with Crippen molar-refractivity contribution in [1.82, 2.24) is 5.32 Å². The van der Waals surface area contributed by atoms with Crippen molar-refractivity contribution in [1.29, 1.82) is 0 Å². The molecular weight excluding hydrogens is 373 g/mol. The van der Waals surface area contributed by atoms with Gasteiger partial charge in [-0.15, -0.1) is 0 Å². The average Bonchev–Trinajstić information content (AvgIpc) is 3.52. The Bertz CT molecular complexity index is 856. The fourth-order valence-electron chi connectivity index (χ4n) is 3.38. The van der Waals surface area contributed by atoms with E-state index in [0.717, 1.165) is 24.1 Å². The largest absolute Gasteiger partial charge is 0.493 e. The summed E-state index contributed by atoms with van der Waals surface area (Å²) in [5, 5.41) is 6.51. The first kappa shape index (κ1) is 20.8. The number of hydrogen-bond donors (Lipinski definition) is 2. The Morgan fingerprint density at radius 2 is 1.72 bits per heavy atom. The van der Waals surface area contributed by atoms with E-state index in [4.69, 9.17) is 19.2 Å². The highest BCUT2D eigenvalue weighted by Gasteiger charge is 2.45. The Kier molecular flexibility index (Phi) is 6.46. The van der Waals surface area contributed by atoms with Crippen LogP contribution in [0.5, 0.6) is 17.2 Å². The monoisotopic (exact) mass is 401 g/mol. The van der Waals surface area contributed by atoms with E-state index in [-0.39, 0.29) is 11.2 Å². The molecule has 0 heterocycles. The quantitative estimate of drug-likeness (QED) is 0.518. The van der Waals surface area contributed by atoms with Crippen molar-refractivity contribution < 1.29 is 18.6 Å². The number of ether oxygens (including phenoxy) is 3. The second kappa shape index (κ2) is 9.03. The standard InChI is InChI=1S/C22H28FN3O3/c1-5-24-21(25-14-22(10-11-22)16-8-6-7-9-17(16)23)26-15-12-18(27-2)20(29-4)19(13-15)28-3/h6-9,12-13H,5,10-11,14H2,1-4H3,(H2,24,25,26). The van der Waals surface area contributed by atoms with Crippen LogP contribution < -0.4 is 24.8 Å². The van der Waals surface area contributed by atoms with Crippen LogP contribution in [0.4, 0.5) is 10.1 Å². The zero-order chi connectivity index (χ0) is 20.9. The van der Waals surface area contributed by atoms with Crippen molar-refractivity contribution in [3.63, 3.8) is 0 Å². The van der Waals surface area contributed by atoms with Crippen LogP contribution in [0.2, 0.25) is 0 Å². The minimum atomic E-state index is -0.219. The molecule has 1 aliphatic rings. The average molecular weight is 401 g/mol. The first-order chi connectivity index (χ1) is 14.1. The highest BCUT2D eigenvalue weighted by Crippen LogP contribution is 2.49. The number of nitrogens with zero attached hydrogens (tertiary/aromatic N) is 1. The van der Waals surface area contributed by atoms with Gasteiger partial charge in [-0.25, -0.2) is 4.39 Å². The number of nitrogens with one attached hydrogen (secondary N) is 2. The van der Waals surface area contributed by atoms with Crippen LogP contribution in [-0.2, 0) is 5.41 Å². The van der Waals surface area contributed by atoms with Crippen molar-refractivity contribution in [2.75, 3.05) is 39.7 Å². The van der Waals surface area contributed by atoms with Gasteiger partial charge in [0.05, 0.1) is 27.9 Å². The molecule has 6 nitrogen and oxygen atoms in total. The normalized spacial score (nSPS) is 14.9. The van der Waals surface area contributed by atoms with Crippen molar-refractivity contribution in [3.8, 4) is 17.2 Å². The summed E-state index contributed by atoms with van der Waals surface area (Å²) < 4.78 is 30.4. The molecule has 1 fully saturated rings. The van der Waals surface area contributed by atoms with Crippen LogP contribution >= 0.6 is 0 Å². The van der Waals surface area contributed by atoms with Crippen molar-refractivity contribution in [2.45, 2.75) is 25.2 Å². The summed E-state index contributed by atoms with van der Waals surface area (Å²) in [7, 11) is 4.72. The molecule has 0 aromatic heterocycles. The van der Waals surface area contributed by atoms with E-state index < -0.39 is 0 Å². The van der Waals surface area contributed by atoms with E-state index in [1.807, 2.05) is 31.2 Å². The fraction of sp³-hybridized carbons (Fsp3) is 0.409. The lowest BCUT2D eigenvalue weighted by Gasteiger charge is -2.18. The zero-order valence-electron chi connectivity index (χ0n) is 17.3.